The number of rotatable bonds is 6. The Kier molecular flexibility index (Phi) is 4.49. The van der Waals surface area contributed by atoms with Gasteiger partial charge in [0, 0.05) is 5.38 Å². The second-order valence-corrected chi connectivity index (χ2v) is 4.74. The van der Waals surface area contributed by atoms with E-state index in [-0.39, 0.29) is 6.61 Å². The number of nitrogens with zero attached hydrogens (tertiary/aromatic N) is 1. The van der Waals surface area contributed by atoms with Gasteiger partial charge in [0.1, 0.15) is 24.7 Å². The van der Waals surface area contributed by atoms with E-state index in [1.54, 1.807) is 11.4 Å². The summed E-state index contributed by atoms with van der Waals surface area (Å²) in [5.41, 5.74) is 0.629. The van der Waals surface area contributed by atoms with Gasteiger partial charge >= 0.3 is 5.97 Å². The zero-order chi connectivity index (χ0) is 14.5. The van der Waals surface area contributed by atoms with Crippen LogP contribution in [0.5, 0.6) is 0 Å². The summed E-state index contributed by atoms with van der Waals surface area (Å²) in [6.07, 6.45) is 0. The quantitative estimate of drug-likeness (QED) is 0.842. The molecule has 1 amide bonds. The number of thiazole rings is 1. The van der Waals surface area contributed by atoms with Gasteiger partial charge in [-0.15, -0.1) is 11.3 Å². The minimum absolute atomic E-state index is 0.332. The Hall–Kier alpha value is -2.19. The molecule has 0 radical (unpaired) electrons. The Bertz CT molecular complexity index is 619. The molecule has 0 aromatic carbocycles. The standard InChI is InChI=1S/C12H12N2O5S/c1-7-2-3-9(19-7)8-6-20-12(13-8)14-10(15)4-18-5-11(16)17/h2-3,6H,4-5H2,1H3,(H,16,17)(H,13,14,15). The number of ether oxygens (including phenoxy) is 1. The molecule has 2 heterocycles. The minimum Gasteiger partial charge on any atom is -0.480 e. The SMILES string of the molecule is Cc1ccc(-c2csc(NC(=O)COCC(=O)O)n2)o1. The van der Waals surface area contributed by atoms with Crippen LogP contribution in [0.2, 0.25) is 0 Å². The number of furan rings is 1. The number of hydrogen-bond acceptors (Lipinski definition) is 6. The van der Waals surface area contributed by atoms with Crippen molar-refractivity contribution < 1.29 is 23.8 Å². The number of carbonyl (C=O) groups excluding carboxylic acids is 1. The summed E-state index contributed by atoms with van der Waals surface area (Å²) in [6, 6.07) is 3.62. The zero-order valence-corrected chi connectivity index (χ0v) is 11.4. The monoisotopic (exact) mass is 296 g/mol. The van der Waals surface area contributed by atoms with Gasteiger partial charge in [0.05, 0.1) is 0 Å². The van der Waals surface area contributed by atoms with Gasteiger partial charge in [-0.05, 0) is 19.1 Å². The van der Waals surface area contributed by atoms with Crippen molar-refractivity contribution in [2.45, 2.75) is 6.92 Å². The first-order valence-corrected chi connectivity index (χ1v) is 6.54. The summed E-state index contributed by atoms with van der Waals surface area (Å²) in [5.74, 6) is -0.174. The molecule has 0 saturated carbocycles. The van der Waals surface area contributed by atoms with Crippen LogP contribution in [-0.2, 0) is 14.3 Å². The van der Waals surface area contributed by atoms with E-state index in [9.17, 15) is 9.59 Å². The number of nitrogens with one attached hydrogen (secondary N) is 1. The highest BCUT2D eigenvalue weighted by atomic mass is 32.1. The van der Waals surface area contributed by atoms with E-state index < -0.39 is 18.5 Å². The van der Waals surface area contributed by atoms with Gasteiger partial charge in [-0.2, -0.15) is 0 Å². The third-order valence-corrected chi connectivity index (χ3v) is 2.96. The van der Waals surface area contributed by atoms with Crippen molar-refractivity contribution in [3.8, 4) is 11.5 Å². The van der Waals surface area contributed by atoms with Crippen LogP contribution in [0.1, 0.15) is 5.76 Å². The van der Waals surface area contributed by atoms with E-state index in [4.69, 9.17) is 9.52 Å². The van der Waals surface area contributed by atoms with E-state index in [2.05, 4.69) is 15.0 Å². The van der Waals surface area contributed by atoms with E-state index in [1.165, 1.54) is 11.3 Å². The molecule has 8 heteroatoms. The van der Waals surface area contributed by atoms with Crippen LogP contribution in [0.15, 0.2) is 21.9 Å². The molecule has 0 fully saturated rings. The van der Waals surface area contributed by atoms with Crippen LogP contribution in [-0.4, -0.2) is 35.2 Å². The van der Waals surface area contributed by atoms with E-state index >= 15 is 0 Å². The molecule has 0 spiro atoms. The maximum atomic E-state index is 11.5. The third-order valence-electron chi connectivity index (χ3n) is 2.20. The third kappa shape index (κ3) is 3.90. The molecule has 0 bridgehead atoms. The van der Waals surface area contributed by atoms with Crippen LogP contribution in [0.3, 0.4) is 0 Å². The fourth-order valence-corrected chi connectivity index (χ4v) is 2.12. The summed E-state index contributed by atoms with van der Waals surface area (Å²) < 4.78 is 10.1. The maximum Gasteiger partial charge on any atom is 0.329 e. The van der Waals surface area contributed by atoms with Crippen molar-refractivity contribution in [1.82, 2.24) is 4.98 Å². The summed E-state index contributed by atoms with van der Waals surface area (Å²) in [4.78, 5) is 25.9. The summed E-state index contributed by atoms with van der Waals surface area (Å²) in [6.45, 7) is 0.988. The number of carboxylic acid groups (broad SMARTS) is 1. The van der Waals surface area contributed by atoms with Crippen molar-refractivity contribution >= 4 is 28.3 Å². The van der Waals surface area contributed by atoms with Gasteiger partial charge in [-0.1, -0.05) is 0 Å². The van der Waals surface area contributed by atoms with Gasteiger partial charge in [0.2, 0.25) is 0 Å². The lowest BCUT2D eigenvalue weighted by atomic mass is 10.4. The molecule has 2 rings (SSSR count). The summed E-state index contributed by atoms with van der Waals surface area (Å²) in [7, 11) is 0. The lowest BCUT2D eigenvalue weighted by Gasteiger charge is -2.01. The minimum atomic E-state index is -1.12. The number of aliphatic carboxylic acids is 1. The Morgan fingerprint density at radius 2 is 2.25 bits per heavy atom. The van der Waals surface area contributed by atoms with Crippen LogP contribution in [0, 0.1) is 6.92 Å². The zero-order valence-electron chi connectivity index (χ0n) is 10.6. The first-order valence-electron chi connectivity index (χ1n) is 5.66. The molecule has 2 aromatic rings. The molecule has 2 N–H and O–H groups in total. The number of anilines is 1. The van der Waals surface area contributed by atoms with Crippen molar-refractivity contribution in [3.63, 3.8) is 0 Å². The van der Waals surface area contributed by atoms with Crippen LogP contribution in [0.4, 0.5) is 5.13 Å². The largest absolute Gasteiger partial charge is 0.480 e. The fraction of sp³-hybridized carbons (Fsp3) is 0.250. The molecule has 20 heavy (non-hydrogen) atoms. The molecule has 0 aliphatic carbocycles. The van der Waals surface area contributed by atoms with Crippen LogP contribution < -0.4 is 5.32 Å². The summed E-state index contributed by atoms with van der Waals surface area (Å²) >= 11 is 1.25. The highest BCUT2D eigenvalue weighted by Crippen LogP contribution is 2.26. The fourth-order valence-electron chi connectivity index (χ4n) is 1.40. The average molecular weight is 296 g/mol. The Morgan fingerprint density at radius 3 is 2.90 bits per heavy atom. The highest BCUT2D eigenvalue weighted by molar-refractivity contribution is 7.14. The Morgan fingerprint density at radius 1 is 1.45 bits per heavy atom. The molecule has 7 nitrogen and oxygen atoms in total. The normalized spacial score (nSPS) is 10.4. The first-order chi connectivity index (χ1) is 9.54. The number of carbonyl (C=O) groups is 2. The van der Waals surface area contributed by atoms with Gasteiger partial charge in [0.15, 0.2) is 10.9 Å². The van der Waals surface area contributed by atoms with Crippen molar-refractivity contribution in [3.05, 3.63) is 23.3 Å². The number of carboxylic acids is 1. The number of aryl methyl sites for hydroxylation is 1. The number of amides is 1. The average Bonchev–Trinajstić information content (AvgIpc) is 2.97. The smallest absolute Gasteiger partial charge is 0.329 e. The molecular weight excluding hydrogens is 284 g/mol. The Labute approximate surface area is 118 Å². The molecule has 0 aliphatic rings. The van der Waals surface area contributed by atoms with E-state index in [1.807, 2.05) is 13.0 Å². The van der Waals surface area contributed by atoms with E-state index in [0.29, 0.717) is 16.6 Å². The molecule has 2 aromatic heterocycles. The van der Waals surface area contributed by atoms with Crippen molar-refractivity contribution in [1.29, 1.82) is 0 Å². The van der Waals surface area contributed by atoms with Gasteiger partial charge in [0.25, 0.3) is 5.91 Å². The number of hydrogen-bond donors (Lipinski definition) is 2. The summed E-state index contributed by atoms with van der Waals surface area (Å²) in [5, 5.41) is 13.0. The Balaban J connectivity index is 1.89. The van der Waals surface area contributed by atoms with Gasteiger partial charge < -0.3 is 14.3 Å². The second-order valence-electron chi connectivity index (χ2n) is 3.88. The van der Waals surface area contributed by atoms with Crippen molar-refractivity contribution in [2.75, 3.05) is 18.5 Å². The second kappa shape index (κ2) is 6.31. The molecule has 0 saturated heterocycles. The molecular formula is C12H12N2O5S. The van der Waals surface area contributed by atoms with E-state index in [0.717, 1.165) is 5.76 Å². The molecule has 0 aliphatic heterocycles. The maximum absolute atomic E-state index is 11.5. The number of aromatic nitrogens is 1. The predicted molar refractivity (Wildman–Crippen MR) is 71.6 cm³/mol. The predicted octanol–water partition coefficient (Wildman–Crippen LogP) is 1.75. The molecule has 0 unspecified atom stereocenters. The highest BCUT2D eigenvalue weighted by Gasteiger charge is 2.10. The first kappa shape index (κ1) is 14.2. The lowest BCUT2D eigenvalue weighted by molar-refractivity contribution is -0.143. The lowest BCUT2D eigenvalue weighted by Crippen LogP contribution is -2.20. The van der Waals surface area contributed by atoms with Crippen LogP contribution in [0.25, 0.3) is 11.5 Å². The van der Waals surface area contributed by atoms with Gasteiger partial charge in [-0.3, -0.25) is 10.1 Å². The molecule has 106 valence electrons. The van der Waals surface area contributed by atoms with Gasteiger partial charge in [-0.25, -0.2) is 9.78 Å². The van der Waals surface area contributed by atoms with Crippen LogP contribution >= 0.6 is 11.3 Å². The topological polar surface area (TPSA) is 102 Å². The molecule has 0 atom stereocenters. The van der Waals surface area contributed by atoms with Crippen molar-refractivity contribution in [2.24, 2.45) is 0 Å².